The fourth-order valence-electron chi connectivity index (χ4n) is 2.91. The Kier molecular flexibility index (Phi) is 8.79. The molecular formula is C18H28ClN3O2. The van der Waals surface area contributed by atoms with Crippen LogP contribution < -0.4 is 15.5 Å². The first-order valence-electron chi connectivity index (χ1n) is 8.54. The van der Waals surface area contributed by atoms with E-state index in [1.165, 1.54) is 0 Å². The number of carbonyl (C=O) groups is 2. The second-order valence-corrected chi connectivity index (χ2v) is 5.93. The highest BCUT2D eigenvalue weighted by Crippen LogP contribution is 2.28. The number of nitrogens with zero attached hydrogens (tertiary/aromatic N) is 1. The number of halogens is 1. The molecule has 6 heteroatoms. The molecule has 0 bridgehead atoms. The quantitative estimate of drug-likeness (QED) is 0.704. The molecule has 1 heterocycles. The van der Waals surface area contributed by atoms with Gasteiger partial charge in [0.05, 0.1) is 5.92 Å². The van der Waals surface area contributed by atoms with Gasteiger partial charge in [-0.2, -0.15) is 0 Å². The summed E-state index contributed by atoms with van der Waals surface area (Å²) in [5.74, 6) is -0.234. The van der Waals surface area contributed by atoms with Crippen LogP contribution in [0.3, 0.4) is 0 Å². The number of benzene rings is 1. The molecule has 0 radical (unpaired) electrons. The summed E-state index contributed by atoms with van der Waals surface area (Å²) in [6.07, 6.45) is 2.25. The summed E-state index contributed by atoms with van der Waals surface area (Å²) in [6, 6.07) is 7.92. The highest BCUT2D eigenvalue weighted by atomic mass is 35.5. The van der Waals surface area contributed by atoms with Gasteiger partial charge in [0.2, 0.25) is 11.8 Å². The summed E-state index contributed by atoms with van der Waals surface area (Å²) in [5, 5.41) is 6.17. The highest BCUT2D eigenvalue weighted by Gasteiger charge is 2.35. The van der Waals surface area contributed by atoms with E-state index in [4.69, 9.17) is 0 Å². The molecule has 2 amide bonds. The lowest BCUT2D eigenvalue weighted by atomic mass is 10.1. The lowest BCUT2D eigenvalue weighted by Gasteiger charge is -2.20. The molecular weight excluding hydrogens is 326 g/mol. The summed E-state index contributed by atoms with van der Waals surface area (Å²) in [4.78, 5) is 26.3. The summed E-state index contributed by atoms with van der Waals surface area (Å²) >= 11 is 0. The van der Waals surface area contributed by atoms with Gasteiger partial charge in [0.1, 0.15) is 0 Å². The van der Waals surface area contributed by atoms with Gasteiger partial charge in [0, 0.05) is 31.7 Å². The Hall–Kier alpha value is -1.59. The number of hydrogen-bond acceptors (Lipinski definition) is 3. The van der Waals surface area contributed by atoms with Crippen molar-refractivity contribution in [2.24, 2.45) is 5.92 Å². The molecule has 1 fully saturated rings. The minimum Gasteiger partial charge on any atom is -0.355 e. The lowest BCUT2D eigenvalue weighted by Crippen LogP contribution is -2.37. The van der Waals surface area contributed by atoms with Crippen molar-refractivity contribution < 1.29 is 9.59 Å². The average molecular weight is 354 g/mol. The van der Waals surface area contributed by atoms with Crippen molar-refractivity contribution in [2.75, 3.05) is 31.1 Å². The maximum Gasteiger partial charge on any atom is 0.227 e. The normalized spacial score (nSPS) is 16.8. The lowest BCUT2D eigenvalue weighted by molar-refractivity contribution is -0.126. The summed E-state index contributed by atoms with van der Waals surface area (Å²) in [6.45, 7) is 6.99. The molecule has 2 N–H and O–H groups in total. The molecule has 0 spiro atoms. The number of carbonyl (C=O) groups excluding carboxylic acids is 2. The van der Waals surface area contributed by atoms with E-state index in [0.29, 0.717) is 19.5 Å². The topological polar surface area (TPSA) is 61.4 Å². The maximum absolute atomic E-state index is 12.3. The van der Waals surface area contributed by atoms with E-state index in [9.17, 15) is 9.59 Å². The standard InChI is InChI=1S/C18H27N3O2.ClH/c1-3-9-19-10-11-20-18(23)15-12-17(22)21(13-15)16-8-6-5-7-14(16)4-2;/h5-8,15,19H,3-4,9-13H2,1-2H3,(H,20,23);1H. The van der Waals surface area contributed by atoms with Crippen LogP contribution in [0.5, 0.6) is 0 Å². The number of amides is 2. The van der Waals surface area contributed by atoms with Crippen LogP contribution in [-0.2, 0) is 16.0 Å². The van der Waals surface area contributed by atoms with E-state index in [1.807, 2.05) is 24.3 Å². The largest absolute Gasteiger partial charge is 0.355 e. The van der Waals surface area contributed by atoms with Crippen LogP contribution >= 0.6 is 12.4 Å². The number of rotatable bonds is 8. The first kappa shape index (κ1) is 20.5. The zero-order chi connectivity index (χ0) is 16.7. The Morgan fingerprint density at radius 1 is 1.21 bits per heavy atom. The predicted octanol–water partition coefficient (Wildman–Crippen LogP) is 2.14. The zero-order valence-corrected chi connectivity index (χ0v) is 15.3. The van der Waals surface area contributed by atoms with Crippen LogP contribution in [0.2, 0.25) is 0 Å². The van der Waals surface area contributed by atoms with Gasteiger partial charge in [-0.15, -0.1) is 12.4 Å². The van der Waals surface area contributed by atoms with Crippen molar-refractivity contribution in [2.45, 2.75) is 33.1 Å². The molecule has 1 atom stereocenters. The van der Waals surface area contributed by atoms with Gasteiger partial charge in [-0.25, -0.2) is 0 Å². The third kappa shape index (κ3) is 5.21. The van der Waals surface area contributed by atoms with Crippen LogP contribution in [0, 0.1) is 5.92 Å². The first-order valence-corrected chi connectivity index (χ1v) is 8.54. The number of para-hydroxylation sites is 1. The van der Waals surface area contributed by atoms with E-state index in [1.54, 1.807) is 4.90 Å². The number of anilines is 1. The van der Waals surface area contributed by atoms with Gasteiger partial charge in [-0.1, -0.05) is 32.0 Å². The Morgan fingerprint density at radius 3 is 2.67 bits per heavy atom. The summed E-state index contributed by atoms with van der Waals surface area (Å²) in [5.41, 5.74) is 2.09. The summed E-state index contributed by atoms with van der Waals surface area (Å²) in [7, 11) is 0. The van der Waals surface area contributed by atoms with Crippen molar-refractivity contribution >= 4 is 29.9 Å². The number of aryl methyl sites for hydroxylation is 1. The molecule has 134 valence electrons. The molecule has 1 aliphatic heterocycles. The Balaban J connectivity index is 0.00000288. The van der Waals surface area contributed by atoms with E-state index >= 15 is 0 Å². The third-order valence-electron chi connectivity index (χ3n) is 4.19. The van der Waals surface area contributed by atoms with Gasteiger partial charge in [0.25, 0.3) is 0 Å². The van der Waals surface area contributed by atoms with E-state index in [0.717, 1.165) is 37.2 Å². The number of hydrogen-bond donors (Lipinski definition) is 2. The average Bonchev–Trinajstić information content (AvgIpc) is 2.96. The molecule has 1 aliphatic rings. The third-order valence-corrected chi connectivity index (χ3v) is 4.19. The minimum atomic E-state index is -0.251. The minimum absolute atomic E-state index is 0. The maximum atomic E-state index is 12.3. The fraction of sp³-hybridized carbons (Fsp3) is 0.556. The van der Waals surface area contributed by atoms with Crippen molar-refractivity contribution in [1.29, 1.82) is 0 Å². The van der Waals surface area contributed by atoms with Crippen LogP contribution in [0.1, 0.15) is 32.3 Å². The van der Waals surface area contributed by atoms with Crippen LogP contribution in [0.15, 0.2) is 24.3 Å². The molecule has 5 nitrogen and oxygen atoms in total. The zero-order valence-electron chi connectivity index (χ0n) is 14.5. The molecule has 1 aromatic rings. The van der Waals surface area contributed by atoms with Gasteiger partial charge in [-0.05, 0) is 31.0 Å². The molecule has 0 saturated carbocycles. The van der Waals surface area contributed by atoms with E-state index < -0.39 is 0 Å². The summed E-state index contributed by atoms with van der Waals surface area (Å²) < 4.78 is 0. The van der Waals surface area contributed by atoms with Crippen molar-refractivity contribution in [3.63, 3.8) is 0 Å². The van der Waals surface area contributed by atoms with Crippen LogP contribution in [-0.4, -0.2) is 38.0 Å². The first-order chi connectivity index (χ1) is 11.2. The van der Waals surface area contributed by atoms with Crippen LogP contribution in [0.25, 0.3) is 0 Å². The SMILES string of the molecule is CCCNCCNC(=O)C1CC(=O)N(c2ccccc2CC)C1.Cl. The van der Waals surface area contributed by atoms with Crippen molar-refractivity contribution in [1.82, 2.24) is 10.6 Å². The predicted molar refractivity (Wildman–Crippen MR) is 99.7 cm³/mol. The van der Waals surface area contributed by atoms with E-state index in [-0.39, 0.29) is 30.1 Å². The highest BCUT2D eigenvalue weighted by molar-refractivity contribution is 6.00. The monoisotopic (exact) mass is 353 g/mol. The molecule has 24 heavy (non-hydrogen) atoms. The van der Waals surface area contributed by atoms with Crippen molar-refractivity contribution in [3.05, 3.63) is 29.8 Å². The van der Waals surface area contributed by atoms with Crippen molar-refractivity contribution in [3.8, 4) is 0 Å². The smallest absolute Gasteiger partial charge is 0.227 e. The Bertz CT molecular complexity index is 551. The second kappa shape index (κ2) is 10.3. The second-order valence-electron chi connectivity index (χ2n) is 5.93. The van der Waals surface area contributed by atoms with Crippen LogP contribution in [0.4, 0.5) is 5.69 Å². The van der Waals surface area contributed by atoms with Gasteiger partial charge < -0.3 is 15.5 Å². The van der Waals surface area contributed by atoms with Gasteiger partial charge in [-0.3, -0.25) is 9.59 Å². The van der Waals surface area contributed by atoms with Gasteiger partial charge >= 0.3 is 0 Å². The molecule has 1 saturated heterocycles. The molecule has 0 aliphatic carbocycles. The molecule has 2 rings (SSSR count). The fourth-order valence-corrected chi connectivity index (χ4v) is 2.91. The number of nitrogens with one attached hydrogen (secondary N) is 2. The molecule has 1 unspecified atom stereocenters. The van der Waals surface area contributed by atoms with E-state index in [2.05, 4.69) is 24.5 Å². The Labute approximate surface area is 150 Å². The molecule has 0 aromatic heterocycles. The Morgan fingerprint density at radius 2 is 1.96 bits per heavy atom. The van der Waals surface area contributed by atoms with Gasteiger partial charge in [0.15, 0.2) is 0 Å². The molecule has 1 aromatic carbocycles.